The van der Waals surface area contributed by atoms with E-state index < -0.39 is 0 Å². The van der Waals surface area contributed by atoms with Gasteiger partial charge < -0.3 is 20.9 Å². The molecule has 0 unspecified atom stereocenters. The van der Waals surface area contributed by atoms with E-state index >= 15 is 0 Å². The van der Waals surface area contributed by atoms with Crippen molar-refractivity contribution in [2.75, 3.05) is 11.9 Å². The van der Waals surface area contributed by atoms with Crippen LogP contribution in [0.1, 0.15) is 50.0 Å². The molecule has 3 aromatic heterocycles. The number of hydrogen-bond acceptors (Lipinski definition) is 8. The number of carbonyl (C=O) groups is 1. The first-order valence-electron chi connectivity index (χ1n) is 12.8. The van der Waals surface area contributed by atoms with Crippen molar-refractivity contribution in [2.45, 2.75) is 50.6 Å². The number of terminal acetylenes is 1. The summed E-state index contributed by atoms with van der Waals surface area (Å²) in [7, 11) is 0. The number of hydrogen-bond donors (Lipinski definition) is 3. The average Bonchev–Trinajstić information content (AvgIpc) is 3.78. The molecule has 9 heteroatoms. The zero-order chi connectivity index (χ0) is 26.5. The third-order valence-corrected chi connectivity index (χ3v) is 6.78. The Morgan fingerprint density at radius 2 is 2.05 bits per heavy atom. The second-order valence-corrected chi connectivity index (χ2v) is 9.61. The van der Waals surface area contributed by atoms with E-state index in [9.17, 15) is 4.79 Å². The van der Waals surface area contributed by atoms with Crippen LogP contribution in [0.25, 0.3) is 16.8 Å². The fraction of sp³-hybridized carbons (Fsp3) is 0.310. The van der Waals surface area contributed by atoms with Gasteiger partial charge in [0.2, 0.25) is 5.91 Å². The fourth-order valence-electron chi connectivity index (χ4n) is 4.54. The minimum atomic E-state index is -0.205. The second-order valence-electron chi connectivity index (χ2n) is 9.61. The van der Waals surface area contributed by atoms with Crippen molar-refractivity contribution in [1.29, 1.82) is 5.41 Å². The maximum absolute atomic E-state index is 12.3. The molecule has 38 heavy (non-hydrogen) atoms. The lowest BCUT2D eigenvalue weighted by Gasteiger charge is -2.36. The standard InChI is InChI=1S/C29H30N8O/c1-3-25-9-6-21(18-37(25)19(2)38)29-35-27(20-5-4-11-31-16-20)14-28(36-29)34-24-10-12-32-26(13-24)22(15-30)17-33-23-7-8-23/h1,4-5,10-17,21,23,25,30,33H,6-9,18H2,2H3,(H,32,34,35,36)/b22-17+,30-15?/t21-,25+/m1/s1. The predicted molar refractivity (Wildman–Crippen MR) is 148 cm³/mol. The first kappa shape index (κ1) is 25.1. The van der Waals surface area contributed by atoms with Crippen LogP contribution in [0, 0.1) is 17.8 Å². The van der Waals surface area contributed by atoms with Crippen molar-refractivity contribution in [2.24, 2.45) is 0 Å². The zero-order valence-electron chi connectivity index (χ0n) is 21.3. The minimum absolute atomic E-state index is 0.0463. The van der Waals surface area contributed by atoms with E-state index in [4.69, 9.17) is 21.8 Å². The molecule has 0 spiro atoms. The fourth-order valence-corrected chi connectivity index (χ4v) is 4.54. The van der Waals surface area contributed by atoms with E-state index in [0.29, 0.717) is 41.9 Å². The Morgan fingerprint density at radius 3 is 2.76 bits per heavy atom. The summed E-state index contributed by atoms with van der Waals surface area (Å²) in [5.41, 5.74) is 3.79. The van der Waals surface area contributed by atoms with Crippen LogP contribution >= 0.6 is 0 Å². The number of carbonyl (C=O) groups excluding carboxylic acids is 1. The minimum Gasteiger partial charge on any atom is -0.388 e. The molecular weight excluding hydrogens is 476 g/mol. The van der Waals surface area contributed by atoms with E-state index in [-0.39, 0.29) is 17.9 Å². The summed E-state index contributed by atoms with van der Waals surface area (Å²) in [6, 6.07) is 9.76. The van der Waals surface area contributed by atoms with Crippen LogP contribution in [0.15, 0.2) is 55.1 Å². The maximum atomic E-state index is 12.3. The van der Waals surface area contributed by atoms with Gasteiger partial charge in [-0.3, -0.25) is 14.8 Å². The molecule has 2 atom stereocenters. The molecule has 3 N–H and O–H groups in total. The van der Waals surface area contributed by atoms with Crippen molar-refractivity contribution in [1.82, 2.24) is 30.2 Å². The normalized spacial score (nSPS) is 19.4. The van der Waals surface area contributed by atoms with Gasteiger partial charge in [0.1, 0.15) is 11.6 Å². The van der Waals surface area contributed by atoms with Crippen molar-refractivity contribution in [3.8, 4) is 23.6 Å². The summed E-state index contributed by atoms with van der Waals surface area (Å²) in [4.78, 5) is 32.5. The highest BCUT2D eigenvalue weighted by atomic mass is 16.2. The number of aromatic nitrogens is 4. The van der Waals surface area contributed by atoms with Gasteiger partial charge in [-0.25, -0.2) is 9.97 Å². The van der Waals surface area contributed by atoms with Gasteiger partial charge in [0, 0.05) is 79.3 Å². The molecule has 0 bridgehead atoms. The number of nitrogens with one attached hydrogen (secondary N) is 3. The van der Waals surface area contributed by atoms with Crippen molar-refractivity contribution < 1.29 is 4.79 Å². The van der Waals surface area contributed by atoms with E-state index in [1.54, 1.807) is 30.4 Å². The monoisotopic (exact) mass is 506 g/mol. The third-order valence-electron chi connectivity index (χ3n) is 6.78. The third kappa shape index (κ3) is 5.86. The molecule has 2 aliphatic rings. The van der Waals surface area contributed by atoms with Crippen LogP contribution in [0.3, 0.4) is 0 Å². The van der Waals surface area contributed by atoms with Crippen LogP contribution in [-0.4, -0.2) is 55.6 Å². The molecule has 4 heterocycles. The lowest BCUT2D eigenvalue weighted by atomic mass is 9.92. The highest BCUT2D eigenvalue weighted by Gasteiger charge is 2.31. The maximum Gasteiger partial charge on any atom is 0.220 e. The molecule has 1 aliphatic heterocycles. The van der Waals surface area contributed by atoms with E-state index in [1.807, 2.05) is 36.5 Å². The summed E-state index contributed by atoms with van der Waals surface area (Å²) in [6.45, 7) is 2.02. The molecule has 1 saturated carbocycles. The molecule has 1 aliphatic carbocycles. The Hall–Kier alpha value is -4.58. The Bertz CT molecular complexity index is 1390. The van der Waals surface area contributed by atoms with Crippen molar-refractivity contribution in [3.63, 3.8) is 0 Å². The topological polar surface area (TPSA) is 120 Å². The molecule has 1 amide bonds. The van der Waals surface area contributed by atoms with Gasteiger partial charge >= 0.3 is 0 Å². The number of nitrogens with zero attached hydrogens (tertiary/aromatic N) is 5. The van der Waals surface area contributed by atoms with Crippen LogP contribution in [0.2, 0.25) is 0 Å². The van der Waals surface area contributed by atoms with Crippen LogP contribution in [-0.2, 0) is 4.79 Å². The SMILES string of the molecule is C#C[C@H]1CC[C@@H](c2nc(Nc3ccnc(/C(C=N)=C/NC4CC4)c3)cc(-c3cccnc3)n2)CN1C(C)=O. The number of allylic oxidation sites excluding steroid dienone is 1. The predicted octanol–water partition coefficient (Wildman–Crippen LogP) is 4.15. The number of rotatable bonds is 8. The highest BCUT2D eigenvalue weighted by Crippen LogP contribution is 2.31. The molecule has 0 aromatic carbocycles. The van der Waals surface area contributed by atoms with Gasteiger partial charge in [0.15, 0.2) is 0 Å². The zero-order valence-corrected chi connectivity index (χ0v) is 21.3. The molecular formula is C29H30N8O. The molecule has 1 saturated heterocycles. The van der Waals surface area contributed by atoms with Crippen molar-refractivity contribution >= 4 is 29.2 Å². The first-order valence-corrected chi connectivity index (χ1v) is 12.8. The molecule has 0 radical (unpaired) electrons. The number of piperidine rings is 1. The summed E-state index contributed by atoms with van der Waals surface area (Å²) in [6.07, 6.45) is 17.8. The Labute approximate surface area is 222 Å². The van der Waals surface area contributed by atoms with Gasteiger partial charge in [0.25, 0.3) is 0 Å². The van der Waals surface area contributed by atoms with E-state index in [0.717, 1.165) is 36.2 Å². The lowest BCUT2D eigenvalue weighted by molar-refractivity contribution is -0.131. The molecule has 9 nitrogen and oxygen atoms in total. The van der Waals surface area contributed by atoms with Gasteiger partial charge in [-0.2, -0.15) is 0 Å². The Kier molecular flexibility index (Phi) is 7.40. The summed E-state index contributed by atoms with van der Waals surface area (Å²) >= 11 is 0. The average molecular weight is 507 g/mol. The Morgan fingerprint density at radius 1 is 1.18 bits per heavy atom. The van der Waals surface area contributed by atoms with Gasteiger partial charge in [0.05, 0.1) is 17.4 Å². The first-order chi connectivity index (χ1) is 18.5. The van der Waals surface area contributed by atoms with Crippen LogP contribution in [0.5, 0.6) is 0 Å². The lowest BCUT2D eigenvalue weighted by Crippen LogP contribution is -2.44. The summed E-state index contributed by atoms with van der Waals surface area (Å²) in [5, 5.41) is 14.6. The summed E-state index contributed by atoms with van der Waals surface area (Å²) in [5.74, 6) is 3.92. The number of anilines is 2. The van der Waals surface area contributed by atoms with Crippen LogP contribution < -0.4 is 10.6 Å². The molecule has 2 fully saturated rings. The van der Waals surface area contributed by atoms with Crippen LogP contribution in [0.4, 0.5) is 11.5 Å². The van der Waals surface area contributed by atoms with E-state index in [1.165, 1.54) is 6.21 Å². The number of pyridine rings is 2. The van der Waals surface area contributed by atoms with E-state index in [2.05, 4.69) is 26.5 Å². The number of amides is 1. The molecule has 192 valence electrons. The highest BCUT2D eigenvalue weighted by molar-refractivity contribution is 6.07. The van der Waals surface area contributed by atoms with Gasteiger partial charge in [-0.15, -0.1) is 6.42 Å². The second kappa shape index (κ2) is 11.2. The quantitative estimate of drug-likeness (QED) is 0.310. The molecule has 3 aromatic rings. The van der Waals surface area contributed by atoms with Crippen molar-refractivity contribution in [3.05, 3.63) is 66.6 Å². The molecule has 5 rings (SSSR count). The summed E-state index contributed by atoms with van der Waals surface area (Å²) < 4.78 is 0. The Balaban J connectivity index is 1.46. The number of likely N-dealkylation sites (tertiary alicyclic amines) is 1. The largest absolute Gasteiger partial charge is 0.388 e. The smallest absolute Gasteiger partial charge is 0.220 e. The van der Waals surface area contributed by atoms with Gasteiger partial charge in [-0.1, -0.05) is 5.92 Å². The van der Waals surface area contributed by atoms with Gasteiger partial charge in [-0.05, 0) is 49.9 Å².